The van der Waals surface area contributed by atoms with Crippen LogP contribution in [-0.4, -0.2) is 18.3 Å². The second kappa shape index (κ2) is 6.54. The highest BCUT2D eigenvalue weighted by Gasteiger charge is 2.13. The first-order valence-electron chi connectivity index (χ1n) is 5.92. The molecule has 16 heavy (non-hydrogen) atoms. The smallest absolute Gasteiger partial charge is 0.122 e. The summed E-state index contributed by atoms with van der Waals surface area (Å²) in [6, 6.07) is 6.03. The van der Waals surface area contributed by atoms with Crippen LogP contribution in [0.4, 0.5) is 0 Å². The number of hydrogen-bond donors (Lipinski definition) is 1. The zero-order valence-electron chi connectivity index (χ0n) is 10.4. The van der Waals surface area contributed by atoms with Gasteiger partial charge in [-0.25, -0.2) is 0 Å². The number of aliphatic hydroxyl groups is 1. The van der Waals surface area contributed by atoms with Crippen LogP contribution in [0, 0.1) is 5.92 Å². The van der Waals surface area contributed by atoms with E-state index in [1.807, 2.05) is 25.1 Å². The summed E-state index contributed by atoms with van der Waals surface area (Å²) in [7, 11) is 0. The van der Waals surface area contributed by atoms with Crippen LogP contribution in [-0.2, 0) is 6.42 Å². The van der Waals surface area contributed by atoms with Crippen molar-refractivity contribution >= 4 is 0 Å². The van der Waals surface area contributed by atoms with Crippen LogP contribution in [0.25, 0.3) is 0 Å². The van der Waals surface area contributed by atoms with Gasteiger partial charge in [0.05, 0.1) is 13.2 Å². The van der Waals surface area contributed by atoms with E-state index in [4.69, 9.17) is 4.74 Å². The molecule has 0 heterocycles. The Labute approximate surface area is 98.3 Å². The second-order valence-electron chi connectivity index (χ2n) is 3.92. The Kier molecular flexibility index (Phi) is 5.33. The normalized spacial score (nSPS) is 10.8. The monoisotopic (exact) mass is 221 g/mol. The number of aliphatic hydroxyl groups excluding tert-OH is 1. The molecule has 0 aliphatic heterocycles. The summed E-state index contributed by atoms with van der Waals surface area (Å²) in [6.45, 7) is 7.01. The molecule has 0 amide bonds. The molecule has 2 nitrogen and oxygen atoms in total. The molecule has 89 valence electrons. The SMILES string of the molecule is CCCOc1cccc([C](C)CO)c1CC. The molecule has 0 saturated carbocycles. The zero-order chi connectivity index (χ0) is 12.0. The molecular formula is C14H21O2. The fourth-order valence-corrected chi connectivity index (χ4v) is 1.76. The molecule has 0 atom stereocenters. The summed E-state index contributed by atoms with van der Waals surface area (Å²) in [5.74, 6) is 1.95. The van der Waals surface area contributed by atoms with Crippen molar-refractivity contribution in [3.63, 3.8) is 0 Å². The number of rotatable bonds is 6. The first kappa shape index (κ1) is 13.0. The van der Waals surface area contributed by atoms with Crippen molar-refractivity contribution in [1.82, 2.24) is 0 Å². The van der Waals surface area contributed by atoms with Gasteiger partial charge < -0.3 is 9.84 Å². The van der Waals surface area contributed by atoms with Crippen LogP contribution in [0.1, 0.15) is 38.3 Å². The van der Waals surface area contributed by atoms with Crippen molar-refractivity contribution in [3.05, 3.63) is 35.2 Å². The minimum absolute atomic E-state index is 0.101. The summed E-state index contributed by atoms with van der Waals surface area (Å²) >= 11 is 0. The van der Waals surface area contributed by atoms with Crippen LogP contribution in [0.5, 0.6) is 5.75 Å². The molecule has 0 saturated heterocycles. The van der Waals surface area contributed by atoms with E-state index in [2.05, 4.69) is 13.8 Å². The number of benzene rings is 1. The fraction of sp³-hybridized carbons (Fsp3) is 0.500. The summed E-state index contributed by atoms with van der Waals surface area (Å²) in [5.41, 5.74) is 2.32. The summed E-state index contributed by atoms with van der Waals surface area (Å²) < 4.78 is 5.72. The van der Waals surface area contributed by atoms with Crippen molar-refractivity contribution in [2.45, 2.75) is 33.6 Å². The first-order valence-corrected chi connectivity index (χ1v) is 5.92. The molecule has 2 heteroatoms. The molecule has 0 aliphatic rings. The van der Waals surface area contributed by atoms with E-state index in [1.165, 1.54) is 5.56 Å². The van der Waals surface area contributed by atoms with E-state index < -0.39 is 0 Å². The van der Waals surface area contributed by atoms with Gasteiger partial charge in [0.25, 0.3) is 0 Å². The van der Waals surface area contributed by atoms with Crippen molar-refractivity contribution in [2.24, 2.45) is 0 Å². The van der Waals surface area contributed by atoms with Gasteiger partial charge in [-0.3, -0.25) is 0 Å². The van der Waals surface area contributed by atoms with Crippen molar-refractivity contribution in [2.75, 3.05) is 13.2 Å². The third kappa shape index (κ3) is 2.99. The molecule has 1 radical (unpaired) electrons. The van der Waals surface area contributed by atoms with Crippen LogP contribution < -0.4 is 4.74 Å². The van der Waals surface area contributed by atoms with Gasteiger partial charge in [0.2, 0.25) is 0 Å². The fourth-order valence-electron chi connectivity index (χ4n) is 1.76. The Balaban J connectivity index is 3.00. The average Bonchev–Trinajstić information content (AvgIpc) is 2.34. The maximum Gasteiger partial charge on any atom is 0.122 e. The number of ether oxygens (including phenoxy) is 1. The molecule has 1 rings (SSSR count). The highest BCUT2D eigenvalue weighted by Crippen LogP contribution is 2.28. The lowest BCUT2D eigenvalue weighted by Gasteiger charge is -2.17. The average molecular weight is 221 g/mol. The molecule has 0 spiro atoms. The standard InChI is InChI=1S/C14H21O2/c1-4-9-16-14-8-6-7-13(11(3)10-15)12(14)5-2/h6-8,15H,4-5,9-10H2,1-3H3. The topological polar surface area (TPSA) is 29.5 Å². The summed E-state index contributed by atoms with van der Waals surface area (Å²) in [5, 5.41) is 9.20. The summed E-state index contributed by atoms with van der Waals surface area (Å²) in [6.07, 6.45) is 1.93. The Morgan fingerprint density at radius 1 is 1.31 bits per heavy atom. The Morgan fingerprint density at radius 3 is 2.62 bits per heavy atom. The van der Waals surface area contributed by atoms with Crippen molar-refractivity contribution in [3.8, 4) is 5.75 Å². The minimum Gasteiger partial charge on any atom is -0.493 e. The quantitative estimate of drug-likeness (QED) is 0.800. The molecule has 1 aromatic carbocycles. The van der Waals surface area contributed by atoms with Gasteiger partial charge in [-0.1, -0.05) is 32.9 Å². The van der Waals surface area contributed by atoms with E-state index in [0.29, 0.717) is 0 Å². The van der Waals surface area contributed by atoms with Crippen molar-refractivity contribution in [1.29, 1.82) is 0 Å². The first-order chi connectivity index (χ1) is 7.74. The largest absolute Gasteiger partial charge is 0.493 e. The van der Waals surface area contributed by atoms with E-state index in [9.17, 15) is 5.11 Å². The van der Waals surface area contributed by atoms with Gasteiger partial charge in [0.15, 0.2) is 0 Å². The predicted octanol–water partition coefficient (Wildman–Crippen LogP) is 2.97. The number of hydrogen-bond acceptors (Lipinski definition) is 2. The van der Waals surface area contributed by atoms with Gasteiger partial charge in [0.1, 0.15) is 5.75 Å². The maximum absolute atomic E-state index is 9.20. The molecule has 0 aromatic heterocycles. The van der Waals surface area contributed by atoms with Crippen LogP contribution >= 0.6 is 0 Å². The Bertz CT molecular complexity index is 321. The Morgan fingerprint density at radius 2 is 2.06 bits per heavy atom. The molecule has 0 bridgehead atoms. The lowest BCUT2D eigenvalue weighted by Crippen LogP contribution is -2.06. The Hall–Kier alpha value is -1.02. The van der Waals surface area contributed by atoms with Crippen molar-refractivity contribution < 1.29 is 9.84 Å². The van der Waals surface area contributed by atoms with E-state index in [-0.39, 0.29) is 6.61 Å². The third-order valence-electron chi connectivity index (χ3n) is 2.65. The molecular weight excluding hydrogens is 200 g/mol. The second-order valence-corrected chi connectivity index (χ2v) is 3.92. The molecule has 0 aliphatic carbocycles. The lowest BCUT2D eigenvalue weighted by molar-refractivity contribution is 0.309. The molecule has 0 unspecified atom stereocenters. The van der Waals surface area contributed by atoms with Crippen LogP contribution in [0.15, 0.2) is 18.2 Å². The van der Waals surface area contributed by atoms with E-state index >= 15 is 0 Å². The van der Waals surface area contributed by atoms with E-state index in [0.717, 1.165) is 36.7 Å². The van der Waals surface area contributed by atoms with Gasteiger partial charge in [0, 0.05) is 5.92 Å². The summed E-state index contributed by atoms with van der Waals surface area (Å²) in [4.78, 5) is 0. The van der Waals surface area contributed by atoms with Crippen LogP contribution in [0.2, 0.25) is 0 Å². The van der Waals surface area contributed by atoms with E-state index in [1.54, 1.807) is 0 Å². The molecule has 0 fully saturated rings. The highest BCUT2D eigenvalue weighted by molar-refractivity contribution is 5.46. The molecule has 1 N–H and O–H groups in total. The van der Waals surface area contributed by atoms with Gasteiger partial charge in [-0.2, -0.15) is 0 Å². The zero-order valence-corrected chi connectivity index (χ0v) is 10.4. The predicted molar refractivity (Wildman–Crippen MR) is 66.7 cm³/mol. The van der Waals surface area contributed by atoms with Gasteiger partial charge >= 0.3 is 0 Å². The highest BCUT2D eigenvalue weighted by atomic mass is 16.5. The molecule has 1 aromatic rings. The van der Waals surface area contributed by atoms with Crippen LogP contribution in [0.3, 0.4) is 0 Å². The van der Waals surface area contributed by atoms with Gasteiger partial charge in [-0.05, 0) is 30.0 Å². The maximum atomic E-state index is 9.20. The minimum atomic E-state index is 0.101. The van der Waals surface area contributed by atoms with Gasteiger partial charge in [-0.15, -0.1) is 0 Å². The lowest BCUT2D eigenvalue weighted by atomic mass is 9.94. The third-order valence-corrected chi connectivity index (χ3v) is 2.65.